The first-order valence-corrected chi connectivity index (χ1v) is 11.0. The summed E-state index contributed by atoms with van der Waals surface area (Å²) in [6, 6.07) is 5.00. The Morgan fingerprint density at radius 1 is 0.821 bits per heavy atom. The Balaban J connectivity index is 2.60. The highest BCUT2D eigenvalue weighted by Gasteiger charge is 2.34. The quantitative estimate of drug-likeness (QED) is 0.280. The SMILES string of the molecule is CC(Cl)N(c1ccc(-c2nc(C(Cl)(Cl)Cl)nc(C(Cl)(Cl)Cl)n2)cc1Cl)C(C)Cl. The van der Waals surface area contributed by atoms with Crippen molar-refractivity contribution in [3.8, 4) is 11.4 Å². The van der Waals surface area contributed by atoms with Gasteiger partial charge in [0.15, 0.2) is 17.5 Å². The number of aromatic nitrogens is 3. The van der Waals surface area contributed by atoms with Crippen LogP contribution in [0.5, 0.6) is 0 Å². The maximum atomic E-state index is 6.44. The van der Waals surface area contributed by atoms with Crippen molar-refractivity contribution in [3.05, 3.63) is 34.9 Å². The molecule has 2 rings (SSSR count). The number of anilines is 1. The minimum atomic E-state index is -1.95. The number of benzene rings is 1. The lowest BCUT2D eigenvalue weighted by Crippen LogP contribution is -2.34. The van der Waals surface area contributed by atoms with Gasteiger partial charge < -0.3 is 4.90 Å². The number of rotatable bonds is 4. The molecule has 154 valence electrons. The average molecular weight is 566 g/mol. The summed E-state index contributed by atoms with van der Waals surface area (Å²) >= 11 is 54.2. The molecule has 0 saturated carbocycles. The molecule has 0 spiro atoms. The van der Waals surface area contributed by atoms with E-state index in [1.807, 2.05) is 0 Å². The van der Waals surface area contributed by atoms with Gasteiger partial charge in [0.2, 0.25) is 7.59 Å². The van der Waals surface area contributed by atoms with E-state index < -0.39 is 18.6 Å². The van der Waals surface area contributed by atoms with Crippen LogP contribution in [-0.2, 0) is 7.59 Å². The molecule has 0 saturated heterocycles. The highest BCUT2D eigenvalue weighted by atomic mass is 35.6. The molecular formula is C15H11Cl9N4. The van der Waals surface area contributed by atoms with Gasteiger partial charge in [0.25, 0.3) is 0 Å². The van der Waals surface area contributed by atoms with Crippen LogP contribution in [-0.4, -0.2) is 26.0 Å². The highest BCUT2D eigenvalue weighted by Crippen LogP contribution is 2.41. The molecule has 4 nitrogen and oxygen atoms in total. The summed E-state index contributed by atoms with van der Waals surface area (Å²) in [5.74, 6) is -0.292. The standard InChI is InChI=1S/C15H11Cl9N4/c1-6(16)28(7(2)17)10-4-3-8(5-9(10)18)11-25-12(14(19,20)21)27-13(26-11)15(22,23)24/h3-7H,1-2H3. The van der Waals surface area contributed by atoms with Crippen LogP contribution >= 0.6 is 104 Å². The monoisotopic (exact) mass is 562 g/mol. The number of hydrogen-bond donors (Lipinski definition) is 0. The number of hydrogen-bond acceptors (Lipinski definition) is 4. The molecule has 1 aromatic carbocycles. The molecule has 2 unspecified atom stereocenters. The zero-order valence-electron chi connectivity index (χ0n) is 14.1. The second kappa shape index (κ2) is 9.42. The summed E-state index contributed by atoms with van der Waals surface area (Å²) < 4.78 is -3.91. The van der Waals surface area contributed by atoms with Gasteiger partial charge in [-0.2, -0.15) is 0 Å². The average Bonchev–Trinajstić information content (AvgIpc) is 2.54. The molecule has 2 atom stereocenters. The van der Waals surface area contributed by atoms with Gasteiger partial charge in [0, 0.05) is 5.56 Å². The topological polar surface area (TPSA) is 41.9 Å². The number of halogens is 9. The van der Waals surface area contributed by atoms with Gasteiger partial charge in [-0.1, -0.05) is 104 Å². The molecule has 0 aliphatic rings. The fraction of sp³-hybridized carbons (Fsp3) is 0.400. The van der Waals surface area contributed by atoms with Crippen molar-refractivity contribution >= 4 is 110 Å². The van der Waals surface area contributed by atoms with E-state index in [1.165, 1.54) is 0 Å². The van der Waals surface area contributed by atoms with E-state index in [0.717, 1.165) is 0 Å². The van der Waals surface area contributed by atoms with Gasteiger partial charge in [-0.05, 0) is 32.0 Å². The van der Waals surface area contributed by atoms with Crippen molar-refractivity contribution in [1.29, 1.82) is 0 Å². The van der Waals surface area contributed by atoms with Crippen LogP contribution in [0.2, 0.25) is 5.02 Å². The van der Waals surface area contributed by atoms with Crippen molar-refractivity contribution in [2.24, 2.45) is 0 Å². The molecule has 0 bridgehead atoms. The van der Waals surface area contributed by atoms with Gasteiger partial charge in [-0.3, -0.25) is 0 Å². The smallest absolute Gasteiger partial charge is 0.250 e. The first kappa shape index (κ1) is 24.9. The first-order valence-electron chi connectivity index (χ1n) is 7.48. The van der Waals surface area contributed by atoms with Gasteiger partial charge in [0.1, 0.15) is 11.0 Å². The fourth-order valence-electron chi connectivity index (χ4n) is 2.28. The normalized spacial score (nSPS) is 14.7. The van der Waals surface area contributed by atoms with Gasteiger partial charge in [-0.25, -0.2) is 15.0 Å². The molecule has 0 radical (unpaired) electrons. The van der Waals surface area contributed by atoms with Crippen molar-refractivity contribution in [3.63, 3.8) is 0 Å². The van der Waals surface area contributed by atoms with E-state index in [2.05, 4.69) is 15.0 Å². The van der Waals surface area contributed by atoms with Crippen LogP contribution in [0, 0.1) is 0 Å². The third kappa shape index (κ3) is 6.09. The second-order valence-electron chi connectivity index (χ2n) is 5.52. The third-order valence-corrected chi connectivity index (χ3v) is 5.13. The molecule has 0 aliphatic carbocycles. The lowest BCUT2D eigenvalue weighted by atomic mass is 10.1. The Morgan fingerprint density at radius 2 is 1.29 bits per heavy atom. The van der Waals surface area contributed by atoms with Crippen molar-refractivity contribution in [1.82, 2.24) is 15.0 Å². The Bertz CT molecular complexity index is 806. The molecular weight excluding hydrogens is 555 g/mol. The lowest BCUT2D eigenvalue weighted by molar-refractivity contribution is 0.770. The van der Waals surface area contributed by atoms with Crippen molar-refractivity contribution < 1.29 is 0 Å². The molecule has 0 amide bonds. The summed E-state index contributed by atoms with van der Waals surface area (Å²) in [5.41, 5.74) is 0.291. The van der Waals surface area contributed by atoms with Gasteiger partial charge >= 0.3 is 0 Å². The van der Waals surface area contributed by atoms with E-state index in [4.69, 9.17) is 104 Å². The van der Waals surface area contributed by atoms with Crippen LogP contribution in [0.15, 0.2) is 18.2 Å². The van der Waals surface area contributed by atoms with Gasteiger partial charge in [0.05, 0.1) is 10.7 Å². The molecule has 0 aliphatic heterocycles. The number of nitrogens with zero attached hydrogens (tertiary/aromatic N) is 4. The largest absolute Gasteiger partial charge is 0.338 e. The minimum absolute atomic E-state index is 0.107. The molecule has 1 aromatic heterocycles. The second-order valence-corrected chi connectivity index (χ2v) is 11.8. The van der Waals surface area contributed by atoms with Crippen LogP contribution in [0.4, 0.5) is 5.69 Å². The first-order chi connectivity index (χ1) is 12.7. The van der Waals surface area contributed by atoms with Crippen LogP contribution < -0.4 is 4.90 Å². The summed E-state index contributed by atoms with van der Waals surface area (Å²) in [4.78, 5) is 14.0. The lowest BCUT2D eigenvalue weighted by Gasteiger charge is -2.30. The fourth-order valence-corrected chi connectivity index (χ4v) is 3.67. The maximum Gasteiger partial charge on any atom is 0.250 e. The summed E-state index contributed by atoms with van der Waals surface area (Å²) in [6.45, 7) is 3.55. The Labute approximate surface area is 207 Å². The summed E-state index contributed by atoms with van der Waals surface area (Å²) in [6.07, 6.45) is 0. The third-order valence-electron chi connectivity index (χ3n) is 3.39. The van der Waals surface area contributed by atoms with Crippen LogP contribution in [0.1, 0.15) is 25.5 Å². The predicted octanol–water partition coefficient (Wildman–Crippen LogP) is 7.82. The predicted molar refractivity (Wildman–Crippen MR) is 122 cm³/mol. The molecule has 13 heteroatoms. The van der Waals surface area contributed by atoms with Crippen LogP contribution in [0.25, 0.3) is 11.4 Å². The highest BCUT2D eigenvalue weighted by molar-refractivity contribution is 6.67. The van der Waals surface area contributed by atoms with Gasteiger partial charge in [-0.15, -0.1) is 0 Å². The Hall–Kier alpha value is 0.640. The molecule has 1 heterocycles. The van der Waals surface area contributed by atoms with Crippen molar-refractivity contribution in [2.45, 2.75) is 32.4 Å². The minimum Gasteiger partial charge on any atom is -0.338 e. The Morgan fingerprint density at radius 3 is 1.64 bits per heavy atom. The summed E-state index contributed by atoms with van der Waals surface area (Å²) in [7, 11) is 0. The molecule has 0 N–H and O–H groups in total. The van der Waals surface area contributed by atoms with E-state index in [-0.39, 0.29) is 17.5 Å². The summed E-state index contributed by atoms with van der Waals surface area (Å²) in [5, 5.41) is 0.351. The van der Waals surface area contributed by atoms with E-state index in [9.17, 15) is 0 Å². The molecule has 28 heavy (non-hydrogen) atoms. The maximum absolute atomic E-state index is 6.44. The van der Waals surface area contributed by atoms with Crippen molar-refractivity contribution in [2.75, 3.05) is 4.90 Å². The zero-order valence-corrected chi connectivity index (χ0v) is 20.9. The van der Waals surface area contributed by atoms with E-state index in [1.54, 1.807) is 36.9 Å². The zero-order chi connectivity index (χ0) is 21.4. The number of alkyl halides is 8. The van der Waals surface area contributed by atoms with E-state index in [0.29, 0.717) is 16.3 Å². The molecule has 0 fully saturated rings. The van der Waals surface area contributed by atoms with Crippen LogP contribution in [0.3, 0.4) is 0 Å². The Kier molecular flexibility index (Phi) is 8.38. The van der Waals surface area contributed by atoms with E-state index >= 15 is 0 Å². The molecule has 2 aromatic rings.